The Bertz CT molecular complexity index is 393. The van der Waals surface area contributed by atoms with Crippen molar-refractivity contribution in [3.63, 3.8) is 0 Å². The minimum Gasteiger partial charge on any atom is -0.307 e. The highest BCUT2D eigenvalue weighted by atomic mass is 32.1. The maximum Gasteiger partial charge on any atom is 0.0795 e. The minimum absolute atomic E-state index is 0.820. The van der Waals surface area contributed by atoms with Gasteiger partial charge in [0.05, 0.1) is 17.4 Å². The summed E-state index contributed by atoms with van der Waals surface area (Å²) in [4.78, 5) is 4.20. The van der Waals surface area contributed by atoms with Crippen molar-refractivity contribution in [1.82, 2.24) is 20.1 Å². The van der Waals surface area contributed by atoms with Gasteiger partial charge in [-0.1, -0.05) is 0 Å². The van der Waals surface area contributed by atoms with Crippen molar-refractivity contribution in [1.29, 1.82) is 0 Å². The Kier molecular flexibility index (Phi) is 3.47. The molecule has 0 aliphatic heterocycles. The third-order valence-electron chi connectivity index (χ3n) is 2.13. The van der Waals surface area contributed by atoms with Gasteiger partial charge in [-0.2, -0.15) is 5.10 Å². The third kappa shape index (κ3) is 2.87. The van der Waals surface area contributed by atoms with Gasteiger partial charge in [0.2, 0.25) is 0 Å². The second-order valence-corrected chi connectivity index (χ2v) is 4.01. The molecule has 1 N–H and O–H groups in total. The molecule has 0 spiro atoms. The van der Waals surface area contributed by atoms with Gasteiger partial charge < -0.3 is 5.32 Å². The third-order valence-corrected chi connectivity index (χ3v) is 2.76. The van der Waals surface area contributed by atoms with Crippen LogP contribution in [0, 0.1) is 0 Å². The van der Waals surface area contributed by atoms with Gasteiger partial charge in [-0.25, -0.2) is 4.98 Å². The Morgan fingerprint density at radius 3 is 3.07 bits per heavy atom. The molecular formula is C10H14N4S. The molecule has 0 fully saturated rings. The van der Waals surface area contributed by atoms with Crippen molar-refractivity contribution in [2.45, 2.75) is 26.6 Å². The van der Waals surface area contributed by atoms with E-state index >= 15 is 0 Å². The number of aromatic nitrogens is 3. The van der Waals surface area contributed by atoms with E-state index < -0.39 is 0 Å². The maximum absolute atomic E-state index is 4.21. The fourth-order valence-corrected chi connectivity index (χ4v) is 1.89. The summed E-state index contributed by atoms with van der Waals surface area (Å²) in [6.07, 6.45) is 3.96. The molecule has 2 rings (SSSR count). The summed E-state index contributed by atoms with van der Waals surface area (Å²) in [5, 5.41) is 9.60. The molecule has 0 aromatic carbocycles. The Balaban J connectivity index is 1.78. The van der Waals surface area contributed by atoms with Crippen LogP contribution < -0.4 is 5.32 Å². The Morgan fingerprint density at radius 1 is 1.47 bits per heavy atom. The highest BCUT2D eigenvalue weighted by Gasteiger charge is 1.98. The standard InChI is InChI=1S/C10H14N4S/c1-2-14-6-9(4-13-14)3-11-5-10-7-15-8-12-10/h4,6-8,11H,2-3,5H2,1H3. The van der Waals surface area contributed by atoms with Crippen LogP contribution in [0.5, 0.6) is 0 Å². The molecular weight excluding hydrogens is 208 g/mol. The van der Waals surface area contributed by atoms with Gasteiger partial charge in [-0.3, -0.25) is 4.68 Å². The Morgan fingerprint density at radius 2 is 2.40 bits per heavy atom. The zero-order chi connectivity index (χ0) is 10.5. The minimum atomic E-state index is 0.820. The van der Waals surface area contributed by atoms with Crippen molar-refractivity contribution in [3.05, 3.63) is 34.5 Å². The molecule has 2 heterocycles. The number of nitrogens with one attached hydrogen (secondary N) is 1. The van der Waals surface area contributed by atoms with E-state index in [-0.39, 0.29) is 0 Å². The summed E-state index contributed by atoms with van der Waals surface area (Å²) >= 11 is 1.63. The molecule has 4 nitrogen and oxygen atoms in total. The van der Waals surface area contributed by atoms with Crippen LogP contribution in [0.4, 0.5) is 0 Å². The first-order valence-electron chi connectivity index (χ1n) is 4.97. The molecule has 0 aliphatic rings. The lowest BCUT2D eigenvalue weighted by molar-refractivity contribution is 0.654. The van der Waals surface area contributed by atoms with E-state index in [9.17, 15) is 0 Å². The van der Waals surface area contributed by atoms with Gasteiger partial charge in [0.15, 0.2) is 0 Å². The lowest BCUT2D eigenvalue weighted by Gasteiger charge is -1.99. The summed E-state index contributed by atoms with van der Waals surface area (Å²) in [6.45, 7) is 4.67. The van der Waals surface area contributed by atoms with Gasteiger partial charge in [-0.05, 0) is 6.92 Å². The molecule has 0 saturated heterocycles. The van der Waals surface area contributed by atoms with Crippen LogP contribution in [0.3, 0.4) is 0 Å². The first kappa shape index (κ1) is 10.3. The van der Waals surface area contributed by atoms with Crippen LogP contribution >= 0.6 is 11.3 Å². The average Bonchev–Trinajstić information content (AvgIpc) is 2.88. The second kappa shape index (κ2) is 5.04. The number of aryl methyl sites for hydroxylation is 1. The molecule has 80 valence electrons. The van der Waals surface area contributed by atoms with Crippen LogP contribution in [0.1, 0.15) is 18.2 Å². The van der Waals surface area contributed by atoms with E-state index in [0.29, 0.717) is 0 Å². The molecule has 0 bridgehead atoms. The fourth-order valence-electron chi connectivity index (χ4n) is 1.33. The van der Waals surface area contributed by atoms with E-state index in [1.165, 1.54) is 5.56 Å². The van der Waals surface area contributed by atoms with E-state index in [2.05, 4.69) is 33.9 Å². The quantitative estimate of drug-likeness (QED) is 0.836. The van der Waals surface area contributed by atoms with E-state index in [0.717, 1.165) is 25.3 Å². The number of rotatable bonds is 5. The van der Waals surface area contributed by atoms with E-state index in [4.69, 9.17) is 0 Å². The van der Waals surface area contributed by atoms with Crippen molar-refractivity contribution in [2.24, 2.45) is 0 Å². The smallest absolute Gasteiger partial charge is 0.0795 e. The number of nitrogens with zero attached hydrogens (tertiary/aromatic N) is 3. The highest BCUT2D eigenvalue weighted by Crippen LogP contribution is 2.01. The largest absolute Gasteiger partial charge is 0.307 e. The molecule has 0 radical (unpaired) electrons. The summed E-state index contributed by atoms with van der Waals surface area (Å²) < 4.78 is 1.93. The van der Waals surface area contributed by atoms with Gasteiger partial charge in [0.1, 0.15) is 0 Å². The van der Waals surface area contributed by atoms with Crippen LogP contribution in [-0.2, 0) is 19.6 Å². The molecule has 0 saturated carbocycles. The summed E-state index contributed by atoms with van der Waals surface area (Å²) in [6, 6.07) is 0. The predicted octanol–water partition coefficient (Wildman–Crippen LogP) is 1.65. The van der Waals surface area contributed by atoms with Crippen LogP contribution in [-0.4, -0.2) is 14.8 Å². The van der Waals surface area contributed by atoms with Gasteiger partial charge in [0.25, 0.3) is 0 Å². The van der Waals surface area contributed by atoms with Crippen molar-refractivity contribution < 1.29 is 0 Å². The fraction of sp³-hybridized carbons (Fsp3) is 0.400. The SMILES string of the molecule is CCn1cc(CNCc2cscn2)cn1. The summed E-state index contributed by atoms with van der Waals surface area (Å²) in [5.74, 6) is 0. The van der Waals surface area contributed by atoms with Crippen LogP contribution in [0.25, 0.3) is 0 Å². The van der Waals surface area contributed by atoms with Gasteiger partial charge in [-0.15, -0.1) is 11.3 Å². The molecule has 2 aromatic heterocycles. The predicted molar refractivity (Wildman–Crippen MR) is 60.6 cm³/mol. The van der Waals surface area contributed by atoms with Crippen LogP contribution in [0.2, 0.25) is 0 Å². The molecule has 15 heavy (non-hydrogen) atoms. The average molecular weight is 222 g/mol. The summed E-state index contributed by atoms with van der Waals surface area (Å²) in [7, 11) is 0. The van der Waals surface area contributed by atoms with Gasteiger partial charge in [0, 0.05) is 36.8 Å². The summed E-state index contributed by atoms with van der Waals surface area (Å²) in [5.41, 5.74) is 4.17. The number of thiazole rings is 1. The molecule has 0 aliphatic carbocycles. The van der Waals surface area contributed by atoms with Crippen molar-refractivity contribution in [3.8, 4) is 0 Å². The molecule has 0 unspecified atom stereocenters. The Hall–Kier alpha value is -1.20. The number of hydrogen-bond acceptors (Lipinski definition) is 4. The molecule has 5 heteroatoms. The van der Waals surface area contributed by atoms with Crippen molar-refractivity contribution >= 4 is 11.3 Å². The van der Waals surface area contributed by atoms with E-state index in [1.54, 1.807) is 11.3 Å². The topological polar surface area (TPSA) is 42.7 Å². The zero-order valence-electron chi connectivity index (χ0n) is 8.68. The molecule has 2 aromatic rings. The monoisotopic (exact) mass is 222 g/mol. The maximum atomic E-state index is 4.21. The normalized spacial score (nSPS) is 10.7. The van der Waals surface area contributed by atoms with E-state index in [1.807, 2.05) is 16.4 Å². The first-order chi connectivity index (χ1) is 7.38. The molecule has 0 atom stereocenters. The highest BCUT2D eigenvalue weighted by molar-refractivity contribution is 7.07. The second-order valence-electron chi connectivity index (χ2n) is 3.29. The van der Waals surface area contributed by atoms with Crippen LogP contribution in [0.15, 0.2) is 23.3 Å². The lowest BCUT2D eigenvalue weighted by Crippen LogP contribution is -2.12. The lowest BCUT2D eigenvalue weighted by atomic mass is 10.3. The van der Waals surface area contributed by atoms with Gasteiger partial charge >= 0.3 is 0 Å². The number of hydrogen-bond donors (Lipinski definition) is 1. The molecule has 0 amide bonds. The Labute approximate surface area is 93.0 Å². The zero-order valence-corrected chi connectivity index (χ0v) is 9.50. The first-order valence-corrected chi connectivity index (χ1v) is 5.92. The van der Waals surface area contributed by atoms with Crippen molar-refractivity contribution in [2.75, 3.05) is 0 Å².